The van der Waals surface area contributed by atoms with Gasteiger partial charge in [-0.2, -0.15) is 0 Å². The maximum atomic E-state index is 13.6. The highest BCUT2D eigenvalue weighted by molar-refractivity contribution is 6.35. The van der Waals surface area contributed by atoms with Crippen molar-refractivity contribution >= 4 is 23.2 Å². The van der Waals surface area contributed by atoms with E-state index in [4.69, 9.17) is 23.2 Å². The molecule has 0 bridgehead atoms. The van der Waals surface area contributed by atoms with E-state index in [-0.39, 0.29) is 22.0 Å². The first kappa shape index (κ1) is 15.2. The van der Waals surface area contributed by atoms with Gasteiger partial charge in [0.05, 0.1) is 10.6 Å². The third-order valence-corrected chi connectivity index (χ3v) is 3.69. The number of rotatable bonds is 3. The molecule has 0 aliphatic carbocycles. The maximum absolute atomic E-state index is 13.6. The molecule has 5 heteroatoms. The van der Waals surface area contributed by atoms with E-state index in [1.54, 1.807) is 18.2 Å². The summed E-state index contributed by atoms with van der Waals surface area (Å²) in [5.74, 6) is -1.11. The Morgan fingerprint density at radius 2 is 1.70 bits per heavy atom. The molecule has 1 atom stereocenters. The summed E-state index contributed by atoms with van der Waals surface area (Å²) in [6, 6.07) is 8.38. The smallest absolute Gasteiger partial charge is 0.142 e. The van der Waals surface area contributed by atoms with Gasteiger partial charge in [-0.3, -0.25) is 0 Å². The first-order valence-corrected chi connectivity index (χ1v) is 6.67. The lowest BCUT2D eigenvalue weighted by atomic mass is 9.88. The minimum absolute atomic E-state index is 0.0273. The molecule has 2 aromatic carbocycles. The lowest BCUT2D eigenvalue weighted by molar-refractivity contribution is 0.0565. The Morgan fingerprint density at radius 3 is 2.35 bits per heavy atom. The van der Waals surface area contributed by atoms with E-state index in [0.29, 0.717) is 5.56 Å². The summed E-state index contributed by atoms with van der Waals surface area (Å²) in [5, 5.41) is 10.5. The van der Waals surface area contributed by atoms with Crippen LogP contribution in [0.3, 0.4) is 0 Å². The fourth-order valence-electron chi connectivity index (χ4n) is 2.04. The highest BCUT2D eigenvalue weighted by Gasteiger charge is 2.28. The van der Waals surface area contributed by atoms with E-state index in [0.717, 1.165) is 6.07 Å². The molecule has 1 nitrogen and oxygen atoms in total. The number of hydrogen-bond donors (Lipinski definition) is 1. The van der Waals surface area contributed by atoms with E-state index in [1.165, 1.54) is 19.1 Å². The summed E-state index contributed by atoms with van der Waals surface area (Å²) >= 11 is 11.6. The molecule has 0 spiro atoms. The molecule has 106 valence electrons. The molecule has 0 aliphatic heterocycles. The zero-order chi connectivity index (χ0) is 14.9. The Bertz CT molecular complexity index is 642. The molecule has 1 unspecified atom stereocenters. The maximum Gasteiger partial charge on any atom is 0.142 e. The lowest BCUT2D eigenvalue weighted by Crippen LogP contribution is -2.25. The van der Waals surface area contributed by atoms with Gasteiger partial charge < -0.3 is 5.11 Å². The molecule has 0 radical (unpaired) electrons. The number of halogens is 4. The Kier molecular flexibility index (Phi) is 4.33. The van der Waals surface area contributed by atoms with Gasteiger partial charge in [0.15, 0.2) is 0 Å². The van der Waals surface area contributed by atoms with Gasteiger partial charge in [0.2, 0.25) is 0 Å². The van der Waals surface area contributed by atoms with Crippen molar-refractivity contribution in [1.29, 1.82) is 0 Å². The van der Waals surface area contributed by atoms with Gasteiger partial charge in [0.25, 0.3) is 0 Å². The minimum Gasteiger partial charge on any atom is -0.385 e. The molecular weight excluding hydrogens is 305 g/mol. The molecule has 2 aromatic rings. The van der Waals surface area contributed by atoms with Crippen LogP contribution in [-0.4, -0.2) is 5.11 Å². The van der Waals surface area contributed by atoms with E-state index in [2.05, 4.69) is 0 Å². The van der Waals surface area contributed by atoms with Gasteiger partial charge >= 0.3 is 0 Å². The second-order valence-corrected chi connectivity index (χ2v) is 5.60. The van der Waals surface area contributed by atoms with Crippen molar-refractivity contribution in [3.63, 3.8) is 0 Å². The largest absolute Gasteiger partial charge is 0.385 e. The van der Waals surface area contributed by atoms with Crippen LogP contribution in [0.1, 0.15) is 18.1 Å². The third kappa shape index (κ3) is 3.11. The van der Waals surface area contributed by atoms with Crippen LogP contribution in [0.25, 0.3) is 0 Å². The van der Waals surface area contributed by atoms with Crippen LogP contribution in [0.2, 0.25) is 10.0 Å². The summed E-state index contributed by atoms with van der Waals surface area (Å²) in [7, 11) is 0. The van der Waals surface area contributed by atoms with Crippen LogP contribution >= 0.6 is 23.2 Å². The first-order chi connectivity index (χ1) is 9.31. The molecule has 0 saturated carbocycles. The number of aliphatic hydroxyl groups is 1. The molecule has 0 fully saturated rings. The van der Waals surface area contributed by atoms with Gasteiger partial charge in [-0.05, 0) is 30.7 Å². The van der Waals surface area contributed by atoms with E-state index < -0.39 is 17.2 Å². The standard InChI is InChI=1S/C15H12Cl2F2O/c1-15(20,8-9-4-2-3-5-13(9)18)10-6-14(19)12(17)7-11(10)16/h2-7,20H,8H2,1H3. The average molecular weight is 317 g/mol. The van der Waals surface area contributed by atoms with Gasteiger partial charge in [-0.15, -0.1) is 0 Å². The SMILES string of the molecule is CC(O)(Cc1ccccc1F)c1cc(F)c(Cl)cc1Cl. The molecule has 1 N–H and O–H groups in total. The van der Waals surface area contributed by atoms with Crippen LogP contribution in [0.15, 0.2) is 36.4 Å². The van der Waals surface area contributed by atoms with Gasteiger partial charge in [0.1, 0.15) is 11.6 Å². The summed E-state index contributed by atoms with van der Waals surface area (Å²) in [4.78, 5) is 0. The second kappa shape index (κ2) is 5.68. The van der Waals surface area contributed by atoms with Crippen molar-refractivity contribution in [1.82, 2.24) is 0 Å². The molecule has 0 aromatic heterocycles. The zero-order valence-electron chi connectivity index (χ0n) is 10.6. The first-order valence-electron chi connectivity index (χ1n) is 5.92. The van der Waals surface area contributed by atoms with E-state index in [9.17, 15) is 13.9 Å². The minimum atomic E-state index is -1.51. The van der Waals surface area contributed by atoms with Crippen LogP contribution < -0.4 is 0 Å². The lowest BCUT2D eigenvalue weighted by Gasteiger charge is -2.25. The van der Waals surface area contributed by atoms with Crippen LogP contribution in [0, 0.1) is 11.6 Å². The molecule has 0 heterocycles. The van der Waals surface area contributed by atoms with Crippen molar-refractivity contribution in [3.05, 3.63) is 69.2 Å². The van der Waals surface area contributed by atoms with Gasteiger partial charge in [-0.1, -0.05) is 41.4 Å². The van der Waals surface area contributed by atoms with Crippen LogP contribution in [0.5, 0.6) is 0 Å². The van der Waals surface area contributed by atoms with Crippen molar-refractivity contribution in [2.24, 2.45) is 0 Å². The van der Waals surface area contributed by atoms with Crippen molar-refractivity contribution in [2.75, 3.05) is 0 Å². The molecule has 0 saturated heterocycles. The van der Waals surface area contributed by atoms with Crippen molar-refractivity contribution in [2.45, 2.75) is 18.9 Å². The van der Waals surface area contributed by atoms with Crippen molar-refractivity contribution in [3.8, 4) is 0 Å². The Labute approximate surface area is 125 Å². The van der Waals surface area contributed by atoms with Crippen LogP contribution in [-0.2, 0) is 12.0 Å². The third-order valence-electron chi connectivity index (χ3n) is 3.08. The predicted octanol–water partition coefficient (Wildman–Crippen LogP) is 4.72. The van der Waals surface area contributed by atoms with E-state index in [1.807, 2.05) is 0 Å². The number of hydrogen-bond acceptors (Lipinski definition) is 1. The monoisotopic (exact) mass is 316 g/mol. The zero-order valence-corrected chi connectivity index (χ0v) is 12.1. The Hall–Kier alpha value is -1.16. The van der Waals surface area contributed by atoms with Gasteiger partial charge in [-0.25, -0.2) is 8.78 Å². The molecule has 20 heavy (non-hydrogen) atoms. The van der Waals surface area contributed by atoms with E-state index >= 15 is 0 Å². The summed E-state index contributed by atoms with van der Waals surface area (Å²) in [6.45, 7) is 1.45. The Balaban J connectivity index is 2.40. The molecule has 2 rings (SSSR count). The normalized spacial score (nSPS) is 14.1. The second-order valence-electron chi connectivity index (χ2n) is 4.79. The average Bonchev–Trinajstić information content (AvgIpc) is 2.36. The topological polar surface area (TPSA) is 20.2 Å². The highest BCUT2D eigenvalue weighted by Crippen LogP contribution is 2.34. The predicted molar refractivity (Wildman–Crippen MR) is 76.1 cm³/mol. The molecule has 0 aliphatic rings. The fourth-order valence-corrected chi connectivity index (χ4v) is 2.63. The Morgan fingerprint density at radius 1 is 1.05 bits per heavy atom. The molecule has 0 amide bonds. The summed E-state index contributed by atoms with van der Waals surface area (Å²) in [6.07, 6.45) is -0.0273. The molecular formula is C15H12Cl2F2O. The summed E-state index contributed by atoms with van der Waals surface area (Å²) in [5.41, 5.74) is -1.02. The highest BCUT2D eigenvalue weighted by atomic mass is 35.5. The number of benzene rings is 2. The van der Waals surface area contributed by atoms with Crippen molar-refractivity contribution < 1.29 is 13.9 Å². The summed E-state index contributed by atoms with van der Waals surface area (Å²) < 4.78 is 27.2. The fraction of sp³-hybridized carbons (Fsp3) is 0.200. The van der Waals surface area contributed by atoms with Crippen LogP contribution in [0.4, 0.5) is 8.78 Å². The quantitative estimate of drug-likeness (QED) is 0.812. The van der Waals surface area contributed by atoms with Gasteiger partial charge in [0, 0.05) is 17.0 Å².